The summed E-state index contributed by atoms with van der Waals surface area (Å²) < 4.78 is 10.2. The molecule has 0 aromatic carbocycles. The van der Waals surface area contributed by atoms with E-state index in [9.17, 15) is 0 Å². The van der Waals surface area contributed by atoms with Crippen LogP contribution in [0.3, 0.4) is 0 Å². The molecule has 13 heavy (non-hydrogen) atoms. The molecule has 0 aliphatic carbocycles. The van der Waals surface area contributed by atoms with Crippen LogP contribution in [0, 0.1) is 5.92 Å². The smallest absolute Gasteiger partial charge is 0.0589 e. The first-order chi connectivity index (χ1) is 6.36. The first-order valence-electron chi connectivity index (χ1n) is 5.07. The van der Waals surface area contributed by atoms with Crippen molar-refractivity contribution in [3.05, 3.63) is 0 Å². The van der Waals surface area contributed by atoms with Crippen molar-refractivity contribution in [1.82, 2.24) is 4.90 Å². The molecule has 1 rings (SSSR count). The fraction of sp³-hybridized carbons (Fsp3) is 1.00. The van der Waals surface area contributed by atoms with E-state index in [2.05, 4.69) is 4.90 Å². The molecule has 1 saturated heterocycles. The van der Waals surface area contributed by atoms with Crippen LogP contribution < -0.4 is 0 Å². The van der Waals surface area contributed by atoms with E-state index in [1.54, 1.807) is 14.2 Å². The molecule has 0 aromatic rings. The Morgan fingerprint density at radius 3 is 2.38 bits per heavy atom. The number of nitrogens with zero attached hydrogens (tertiary/aromatic N) is 1. The van der Waals surface area contributed by atoms with Gasteiger partial charge in [-0.2, -0.15) is 0 Å². The van der Waals surface area contributed by atoms with Gasteiger partial charge in [0.15, 0.2) is 0 Å². The molecule has 1 heterocycles. The number of hydrogen-bond donors (Lipinski definition) is 0. The summed E-state index contributed by atoms with van der Waals surface area (Å²) in [6.07, 6.45) is 2.55. The molecule has 3 heteroatoms. The maximum absolute atomic E-state index is 5.15. The number of hydrogen-bond acceptors (Lipinski definition) is 3. The standard InChI is InChI=1S/C10H21NO2/c1-12-8-7-11-5-3-10(4-6-11)9-13-2/h10H,3-9H2,1-2H3. The Kier molecular flexibility index (Phi) is 5.35. The van der Waals surface area contributed by atoms with Gasteiger partial charge in [0, 0.05) is 27.4 Å². The molecule has 1 aliphatic heterocycles. The maximum atomic E-state index is 5.15. The summed E-state index contributed by atoms with van der Waals surface area (Å²) >= 11 is 0. The van der Waals surface area contributed by atoms with Gasteiger partial charge in [-0.15, -0.1) is 0 Å². The number of likely N-dealkylation sites (tertiary alicyclic amines) is 1. The zero-order valence-electron chi connectivity index (χ0n) is 8.79. The minimum atomic E-state index is 0.781. The fourth-order valence-electron chi connectivity index (χ4n) is 1.83. The van der Waals surface area contributed by atoms with Crippen molar-refractivity contribution >= 4 is 0 Å². The lowest BCUT2D eigenvalue weighted by atomic mass is 9.98. The van der Waals surface area contributed by atoms with E-state index in [4.69, 9.17) is 9.47 Å². The van der Waals surface area contributed by atoms with Crippen molar-refractivity contribution in [2.45, 2.75) is 12.8 Å². The molecular formula is C10H21NO2. The van der Waals surface area contributed by atoms with Crippen LogP contribution in [-0.4, -0.2) is 52.0 Å². The van der Waals surface area contributed by atoms with E-state index in [0.717, 1.165) is 25.7 Å². The molecule has 0 saturated carbocycles. The highest BCUT2D eigenvalue weighted by molar-refractivity contribution is 4.71. The molecule has 0 amide bonds. The van der Waals surface area contributed by atoms with E-state index < -0.39 is 0 Å². The van der Waals surface area contributed by atoms with Gasteiger partial charge >= 0.3 is 0 Å². The molecule has 0 unspecified atom stereocenters. The third-order valence-electron chi connectivity index (χ3n) is 2.72. The highest BCUT2D eigenvalue weighted by atomic mass is 16.5. The zero-order chi connectivity index (χ0) is 9.52. The van der Waals surface area contributed by atoms with Gasteiger partial charge in [-0.05, 0) is 31.8 Å². The van der Waals surface area contributed by atoms with Crippen LogP contribution in [-0.2, 0) is 9.47 Å². The van der Waals surface area contributed by atoms with Crippen LogP contribution in [0.2, 0.25) is 0 Å². The summed E-state index contributed by atoms with van der Waals surface area (Å²) in [5.74, 6) is 0.781. The number of ether oxygens (including phenoxy) is 2. The average molecular weight is 187 g/mol. The lowest BCUT2D eigenvalue weighted by Gasteiger charge is -2.31. The SMILES string of the molecule is COCCN1CCC(COC)CC1. The van der Waals surface area contributed by atoms with Crippen molar-refractivity contribution in [3.8, 4) is 0 Å². The number of piperidine rings is 1. The highest BCUT2D eigenvalue weighted by Crippen LogP contribution is 2.16. The van der Waals surface area contributed by atoms with Gasteiger partial charge in [-0.3, -0.25) is 0 Å². The Bertz CT molecular complexity index is 122. The van der Waals surface area contributed by atoms with Crippen molar-refractivity contribution in [2.75, 3.05) is 47.1 Å². The molecule has 0 atom stereocenters. The second-order valence-electron chi connectivity index (χ2n) is 3.73. The van der Waals surface area contributed by atoms with Crippen LogP contribution >= 0.6 is 0 Å². The predicted octanol–water partition coefficient (Wildman–Crippen LogP) is 0.991. The van der Waals surface area contributed by atoms with E-state index in [1.165, 1.54) is 25.9 Å². The molecule has 0 N–H and O–H groups in total. The van der Waals surface area contributed by atoms with Gasteiger partial charge in [0.1, 0.15) is 0 Å². The van der Waals surface area contributed by atoms with Gasteiger partial charge in [0.05, 0.1) is 6.61 Å². The van der Waals surface area contributed by atoms with Gasteiger partial charge < -0.3 is 14.4 Å². The van der Waals surface area contributed by atoms with Crippen molar-refractivity contribution in [2.24, 2.45) is 5.92 Å². The normalized spacial score (nSPS) is 20.8. The number of methoxy groups -OCH3 is 2. The van der Waals surface area contributed by atoms with Crippen molar-refractivity contribution in [1.29, 1.82) is 0 Å². The van der Waals surface area contributed by atoms with Gasteiger partial charge in [0.2, 0.25) is 0 Å². The Morgan fingerprint density at radius 2 is 1.85 bits per heavy atom. The first kappa shape index (κ1) is 11.0. The number of rotatable bonds is 5. The molecule has 1 fully saturated rings. The molecule has 3 nitrogen and oxygen atoms in total. The lowest BCUT2D eigenvalue weighted by Crippen LogP contribution is -2.36. The quantitative estimate of drug-likeness (QED) is 0.640. The molecule has 1 aliphatic rings. The third-order valence-corrected chi connectivity index (χ3v) is 2.72. The van der Waals surface area contributed by atoms with Gasteiger partial charge in [0.25, 0.3) is 0 Å². The van der Waals surface area contributed by atoms with Crippen LogP contribution in [0.5, 0.6) is 0 Å². The molecule has 0 spiro atoms. The summed E-state index contributed by atoms with van der Waals surface area (Å²) in [5.41, 5.74) is 0. The van der Waals surface area contributed by atoms with Crippen LogP contribution in [0.25, 0.3) is 0 Å². The third kappa shape index (κ3) is 4.07. The second kappa shape index (κ2) is 6.35. The summed E-state index contributed by atoms with van der Waals surface area (Å²) in [6, 6.07) is 0. The predicted molar refractivity (Wildman–Crippen MR) is 52.9 cm³/mol. The molecule has 0 radical (unpaired) electrons. The van der Waals surface area contributed by atoms with E-state index in [1.807, 2.05) is 0 Å². The molecule has 78 valence electrons. The summed E-state index contributed by atoms with van der Waals surface area (Å²) in [4.78, 5) is 2.47. The topological polar surface area (TPSA) is 21.7 Å². The summed E-state index contributed by atoms with van der Waals surface area (Å²) in [6.45, 7) is 5.28. The van der Waals surface area contributed by atoms with Gasteiger partial charge in [-0.1, -0.05) is 0 Å². The Labute approximate surface area is 81.0 Å². The second-order valence-corrected chi connectivity index (χ2v) is 3.73. The minimum Gasteiger partial charge on any atom is -0.384 e. The highest BCUT2D eigenvalue weighted by Gasteiger charge is 2.18. The average Bonchev–Trinajstić information content (AvgIpc) is 2.17. The molecule has 0 bridgehead atoms. The van der Waals surface area contributed by atoms with Gasteiger partial charge in [-0.25, -0.2) is 0 Å². The van der Waals surface area contributed by atoms with Crippen LogP contribution in [0.4, 0.5) is 0 Å². The van der Waals surface area contributed by atoms with E-state index in [0.29, 0.717) is 0 Å². The molecular weight excluding hydrogens is 166 g/mol. The monoisotopic (exact) mass is 187 g/mol. The summed E-state index contributed by atoms with van der Waals surface area (Å²) in [7, 11) is 3.55. The first-order valence-corrected chi connectivity index (χ1v) is 5.07. The van der Waals surface area contributed by atoms with E-state index in [-0.39, 0.29) is 0 Å². The largest absolute Gasteiger partial charge is 0.384 e. The summed E-state index contributed by atoms with van der Waals surface area (Å²) in [5, 5.41) is 0. The maximum Gasteiger partial charge on any atom is 0.0589 e. The zero-order valence-corrected chi connectivity index (χ0v) is 8.79. The van der Waals surface area contributed by atoms with Crippen molar-refractivity contribution < 1.29 is 9.47 Å². The molecule has 0 aromatic heterocycles. The van der Waals surface area contributed by atoms with Crippen molar-refractivity contribution in [3.63, 3.8) is 0 Å². The Hall–Kier alpha value is -0.120. The minimum absolute atomic E-state index is 0.781. The Morgan fingerprint density at radius 1 is 1.15 bits per heavy atom. The van der Waals surface area contributed by atoms with Crippen LogP contribution in [0.1, 0.15) is 12.8 Å². The van der Waals surface area contributed by atoms with Crippen LogP contribution in [0.15, 0.2) is 0 Å². The van der Waals surface area contributed by atoms with E-state index >= 15 is 0 Å². The lowest BCUT2D eigenvalue weighted by molar-refractivity contribution is 0.0829. The fourth-order valence-corrected chi connectivity index (χ4v) is 1.83. The Balaban J connectivity index is 2.08.